The first-order chi connectivity index (χ1) is 12.7. The number of sulfone groups is 1. The maximum atomic E-state index is 13.8. The van der Waals surface area contributed by atoms with Gasteiger partial charge in [-0.2, -0.15) is 4.39 Å². The lowest BCUT2D eigenvalue weighted by Crippen LogP contribution is -2.15. The molecule has 1 atom stereocenters. The fourth-order valence-corrected chi connectivity index (χ4v) is 3.29. The van der Waals surface area contributed by atoms with Crippen LogP contribution in [0.5, 0.6) is 0 Å². The van der Waals surface area contributed by atoms with Crippen molar-refractivity contribution in [2.45, 2.75) is 10.9 Å². The molecule has 0 radical (unpaired) electrons. The quantitative estimate of drug-likeness (QED) is 0.664. The van der Waals surface area contributed by atoms with Crippen molar-refractivity contribution in [2.75, 3.05) is 11.6 Å². The molecule has 0 spiro atoms. The third-order valence-corrected chi connectivity index (χ3v) is 5.01. The normalized spacial score (nSPS) is 12.6. The van der Waals surface area contributed by atoms with Crippen molar-refractivity contribution < 1.29 is 21.6 Å². The first-order valence-electron chi connectivity index (χ1n) is 7.88. The Balaban J connectivity index is 2.11. The molecule has 3 rings (SSSR count). The van der Waals surface area contributed by atoms with Crippen molar-refractivity contribution in [1.82, 2.24) is 4.98 Å². The van der Waals surface area contributed by atoms with Gasteiger partial charge in [-0.05, 0) is 47.5 Å². The van der Waals surface area contributed by atoms with Crippen LogP contribution >= 0.6 is 0 Å². The van der Waals surface area contributed by atoms with E-state index in [1.807, 2.05) is 0 Å². The number of benzene rings is 2. The number of anilines is 1. The van der Waals surface area contributed by atoms with Gasteiger partial charge in [0, 0.05) is 6.26 Å². The average molecular weight is 392 g/mol. The minimum atomic E-state index is -3.47. The Kier molecular flexibility index (Phi) is 5.18. The first kappa shape index (κ1) is 18.9. The number of nitrogens with one attached hydrogen (secondary N) is 1. The predicted molar refractivity (Wildman–Crippen MR) is 95.6 cm³/mol. The zero-order valence-electron chi connectivity index (χ0n) is 14.2. The van der Waals surface area contributed by atoms with Gasteiger partial charge in [-0.15, -0.1) is 0 Å². The summed E-state index contributed by atoms with van der Waals surface area (Å²) in [4.78, 5) is 3.78. The summed E-state index contributed by atoms with van der Waals surface area (Å²) in [7, 11) is -3.47. The van der Waals surface area contributed by atoms with Gasteiger partial charge in [0.15, 0.2) is 21.5 Å². The number of pyridine rings is 1. The monoisotopic (exact) mass is 392 g/mol. The van der Waals surface area contributed by atoms with Crippen molar-refractivity contribution in [3.8, 4) is 0 Å². The molecular weight excluding hydrogens is 377 g/mol. The van der Waals surface area contributed by atoms with Crippen LogP contribution in [0.1, 0.15) is 17.2 Å². The van der Waals surface area contributed by atoms with E-state index in [0.717, 1.165) is 18.4 Å². The fourth-order valence-electron chi connectivity index (χ4n) is 2.61. The topological polar surface area (TPSA) is 59.1 Å². The Hall–Kier alpha value is -2.87. The first-order valence-corrected chi connectivity index (χ1v) is 9.77. The van der Waals surface area contributed by atoms with Gasteiger partial charge in [-0.3, -0.25) is 0 Å². The number of aromatic nitrogens is 1. The lowest BCUT2D eigenvalue weighted by Gasteiger charge is -2.21. The summed E-state index contributed by atoms with van der Waals surface area (Å²) in [6.45, 7) is 0. The molecule has 0 aliphatic carbocycles. The zero-order valence-corrected chi connectivity index (χ0v) is 15.0. The van der Waals surface area contributed by atoms with Gasteiger partial charge in [-0.1, -0.05) is 24.3 Å². The third kappa shape index (κ3) is 4.46. The Morgan fingerprint density at radius 1 is 0.889 bits per heavy atom. The van der Waals surface area contributed by atoms with E-state index < -0.39 is 33.5 Å². The molecule has 1 aromatic heterocycles. The van der Waals surface area contributed by atoms with E-state index in [4.69, 9.17) is 0 Å². The average Bonchev–Trinajstić information content (AvgIpc) is 2.62. The minimum Gasteiger partial charge on any atom is -0.359 e. The number of hydrogen-bond donors (Lipinski definition) is 1. The number of rotatable bonds is 5. The van der Waals surface area contributed by atoms with E-state index >= 15 is 0 Å². The molecule has 1 heterocycles. The molecule has 0 aliphatic rings. The molecule has 1 N–H and O–H groups in total. The van der Waals surface area contributed by atoms with Gasteiger partial charge in [-0.25, -0.2) is 22.2 Å². The van der Waals surface area contributed by atoms with Gasteiger partial charge in [0.25, 0.3) is 0 Å². The Labute approximate surface area is 154 Å². The molecule has 3 aromatic rings. The van der Waals surface area contributed by atoms with Gasteiger partial charge in [0.05, 0.1) is 10.9 Å². The second kappa shape index (κ2) is 7.40. The standard InChI is InChI=1S/C19H15F3N2O2S/c1-27(25,26)14-5-2-4-12(10-14)19(13-8-9-15(20)16(21)11-13)24-18-7-3-6-17(22)23-18/h2-11,19H,1H3,(H,23,24). The summed E-state index contributed by atoms with van der Waals surface area (Å²) in [6, 6.07) is 12.7. The predicted octanol–water partition coefficient (Wildman–Crippen LogP) is 4.10. The highest BCUT2D eigenvalue weighted by molar-refractivity contribution is 7.90. The molecule has 27 heavy (non-hydrogen) atoms. The Morgan fingerprint density at radius 2 is 1.59 bits per heavy atom. The van der Waals surface area contributed by atoms with Crippen LogP contribution < -0.4 is 5.32 Å². The zero-order chi connectivity index (χ0) is 19.6. The molecule has 2 aromatic carbocycles. The summed E-state index contributed by atoms with van der Waals surface area (Å²) in [5.41, 5.74) is 0.792. The van der Waals surface area contributed by atoms with Crippen LogP contribution in [0.25, 0.3) is 0 Å². The smallest absolute Gasteiger partial charge is 0.214 e. The van der Waals surface area contributed by atoms with Crippen molar-refractivity contribution in [3.63, 3.8) is 0 Å². The fraction of sp³-hybridized carbons (Fsp3) is 0.105. The van der Waals surface area contributed by atoms with Gasteiger partial charge in [0.1, 0.15) is 5.82 Å². The Morgan fingerprint density at radius 3 is 2.26 bits per heavy atom. The molecular formula is C19H15F3N2O2S. The Bertz CT molecular complexity index is 1090. The second-order valence-electron chi connectivity index (χ2n) is 5.94. The SMILES string of the molecule is CS(=O)(=O)c1cccc(C(Nc2cccc(F)n2)c2ccc(F)c(F)c2)c1. The number of nitrogens with zero attached hydrogens (tertiary/aromatic N) is 1. The molecule has 8 heteroatoms. The highest BCUT2D eigenvalue weighted by Crippen LogP contribution is 2.28. The summed E-state index contributed by atoms with van der Waals surface area (Å²) in [5.74, 6) is -2.61. The van der Waals surface area contributed by atoms with E-state index in [-0.39, 0.29) is 10.7 Å². The second-order valence-corrected chi connectivity index (χ2v) is 7.96. The highest BCUT2D eigenvalue weighted by Gasteiger charge is 2.19. The largest absolute Gasteiger partial charge is 0.359 e. The number of hydrogen-bond acceptors (Lipinski definition) is 4. The molecule has 0 amide bonds. The van der Waals surface area contributed by atoms with E-state index in [1.54, 1.807) is 12.1 Å². The van der Waals surface area contributed by atoms with E-state index in [2.05, 4.69) is 10.3 Å². The molecule has 4 nitrogen and oxygen atoms in total. The highest BCUT2D eigenvalue weighted by atomic mass is 32.2. The van der Waals surface area contributed by atoms with Crippen LogP contribution in [0.3, 0.4) is 0 Å². The van der Waals surface area contributed by atoms with Crippen LogP contribution in [0.2, 0.25) is 0 Å². The van der Waals surface area contributed by atoms with E-state index in [9.17, 15) is 21.6 Å². The third-order valence-electron chi connectivity index (χ3n) is 3.90. The van der Waals surface area contributed by atoms with Crippen LogP contribution in [0, 0.1) is 17.6 Å². The summed E-state index contributed by atoms with van der Waals surface area (Å²) in [6.07, 6.45) is 1.07. The van der Waals surface area contributed by atoms with Gasteiger partial charge in [0.2, 0.25) is 5.95 Å². The minimum absolute atomic E-state index is 0.0709. The molecule has 1 unspecified atom stereocenters. The summed E-state index contributed by atoms with van der Waals surface area (Å²) >= 11 is 0. The van der Waals surface area contributed by atoms with E-state index in [1.165, 1.54) is 36.4 Å². The molecule has 0 aliphatic heterocycles. The molecule has 0 saturated carbocycles. The van der Waals surface area contributed by atoms with E-state index in [0.29, 0.717) is 11.1 Å². The lowest BCUT2D eigenvalue weighted by molar-refractivity contribution is 0.506. The maximum absolute atomic E-state index is 13.8. The van der Waals surface area contributed by atoms with Crippen LogP contribution in [-0.2, 0) is 9.84 Å². The van der Waals surface area contributed by atoms with Crippen LogP contribution in [0.15, 0.2) is 65.6 Å². The summed E-state index contributed by atoms with van der Waals surface area (Å²) < 4.78 is 64.2. The molecule has 0 fully saturated rings. The summed E-state index contributed by atoms with van der Waals surface area (Å²) in [5, 5.41) is 2.94. The van der Waals surface area contributed by atoms with Crippen molar-refractivity contribution in [1.29, 1.82) is 0 Å². The van der Waals surface area contributed by atoms with Crippen molar-refractivity contribution >= 4 is 15.7 Å². The maximum Gasteiger partial charge on any atom is 0.214 e. The van der Waals surface area contributed by atoms with Crippen molar-refractivity contribution in [2.24, 2.45) is 0 Å². The van der Waals surface area contributed by atoms with Gasteiger partial charge < -0.3 is 5.32 Å². The van der Waals surface area contributed by atoms with Crippen LogP contribution in [0.4, 0.5) is 19.0 Å². The molecule has 0 bridgehead atoms. The molecule has 140 valence electrons. The van der Waals surface area contributed by atoms with Crippen LogP contribution in [-0.4, -0.2) is 19.7 Å². The van der Waals surface area contributed by atoms with Crippen molar-refractivity contribution in [3.05, 3.63) is 89.4 Å². The lowest BCUT2D eigenvalue weighted by atomic mass is 9.98. The number of halogens is 3. The molecule has 0 saturated heterocycles. The van der Waals surface area contributed by atoms with Gasteiger partial charge >= 0.3 is 0 Å².